The van der Waals surface area contributed by atoms with E-state index < -0.39 is 18.0 Å². The summed E-state index contributed by atoms with van der Waals surface area (Å²) in [6, 6.07) is 3.47. The van der Waals surface area contributed by atoms with E-state index in [9.17, 15) is 9.18 Å². The number of nitrogens with zero attached hydrogens (tertiary/aromatic N) is 7. The van der Waals surface area contributed by atoms with Gasteiger partial charge in [-0.1, -0.05) is 19.9 Å². The van der Waals surface area contributed by atoms with Gasteiger partial charge in [0.1, 0.15) is 6.67 Å². The van der Waals surface area contributed by atoms with Gasteiger partial charge >= 0.3 is 0 Å². The van der Waals surface area contributed by atoms with Crippen LogP contribution in [0.1, 0.15) is 54.7 Å². The molecule has 3 aromatic rings. The Labute approximate surface area is 190 Å². The van der Waals surface area contributed by atoms with Gasteiger partial charge in [-0.2, -0.15) is 4.68 Å². The molecule has 1 aliphatic carbocycles. The zero-order valence-corrected chi connectivity index (χ0v) is 18.7. The number of pyridine rings is 1. The molecule has 0 aliphatic heterocycles. The highest BCUT2D eigenvalue weighted by atomic mass is 19.1. The molecule has 1 aliphatic rings. The van der Waals surface area contributed by atoms with E-state index in [2.05, 4.69) is 30.5 Å². The Balaban J connectivity index is 1.91. The minimum absolute atomic E-state index is 0.0487. The number of aromatic nitrogens is 7. The molecule has 4 rings (SSSR count). The van der Waals surface area contributed by atoms with Gasteiger partial charge < -0.3 is 5.73 Å². The van der Waals surface area contributed by atoms with Crippen molar-refractivity contribution in [2.75, 3.05) is 0 Å². The molecule has 0 fully saturated rings. The van der Waals surface area contributed by atoms with E-state index in [4.69, 9.17) is 5.73 Å². The summed E-state index contributed by atoms with van der Waals surface area (Å²) in [5, 5.41) is 12.1. The van der Waals surface area contributed by atoms with Crippen molar-refractivity contribution in [2.24, 2.45) is 5.73 Å². The van der Waals surface area contributed by atoms with Gasteiger partial charge in [0, 0.05) is 47.5 Å². The summed E-state index contributed by atoms with van der Waals surface area (Å²) in [5.41, 5.74) is 8.62. The zero-order valence-electron chi connectivity index (χ0n) is 18.7. The number of primary amides is 1. The first-order valence-corrected chi connectivity index (χ1v) is 10.6. The standard InChI is InChI=1S/C23H25FN8O/c1-14(2)22-29-30-31-32(22)19-6-17(21(25)33)7-23(9-19,8-18-13-26-15(3)11-27-18)20-5-4-16(10-24)12-28-20/h4-6,9,11-14H,7-8,10H2,1-3H3,(H2,25,33). The number of alkyl halides is 1. The molecule has 2 N–H and O–H groups in total. The molecule has 0 aromatic carbocycles. The monoisotopic (exact) mass is 448 g/mol. The summed E-state index contributed by atoms with van der Waals surface area (Å²) in [6.07, 6.45) is 9.29. The highest BCUT2D eigenvalue weighted by Crippen LogP contribution is 2.40. The maximum absolute atomic E-state index is 13.1. The van der Waals surface area contributed by atoms with Crippen molar-refractivity contribution in [3.05, 3.63) is 76.9 Å². The van der Waals surface area contributed by atoms with E-state index in [1.807, 2.05) is 26.8 Å². The first kappa shape index (κ1) is 22.4. The minimum Gasteiger partial charge on any atom is -0.366 e. The van der Waals surface area contributed by atoms with Crippen LogP contribution in [0.15, 0.2) is 48.4 Å². The second-order valence-electron chi connectivity index (χ2n) is 8.55. The molecule has 1 atom stereocenters. The summed E-state index contributed by atoms with van der Waals surface area (Å²) < 4.78 is 14.8. The number of rotatable bonds is 7. The topological polar surface area (TPSA) is 125 Å². The lowest BCUT2D eigenvalue weighted by Crippen LogP contribution is -2.35. The molecule has 1 amide bonds. The van der Waals surface area contributed by atoms with Crippen molar-refractivity contribution in [3.8, 4) is 0 Å². The summed E-state index contributed by atoms with van der Waals surface area (Å²) in [6.45, 7) is 5.22. The van der Waals surface area contributed by atoms with E-state index in [-0.39, 0.29) is 5.92 Å². The van der Waals surface area contributed by atoms with Crippen molar-refractivity contribution in [1.82, 2.24) is 35.2 Å². The number of nitrogens with two attached hydrogens (primary N) is 1. The molecule has 9 nitrogen and oxygen atoms in total. The number of aryl methyl sites for hydroxylation is 1. The van der Waals surface area contributed by atoms with Crippen molar-refractivity contribution < 1.29 is 9.18 Å². The van der Waals surface area contributed by atoms with Crippen molar-refractivity contribution >= 4 is 11.6 Å². The third kappa shape index (κ3) is 4.55. The highest BCUT2D eigenvalue weighted by molar-refractivity contribution is 5.95. The maximum Gasteiger partial charge on any atom is 0.244 e. The second kappa shape index (κ2) is 8.97. The van der Waals surface area contributed by atoms with Crippen LogP contribution in [0, 0.1) is 6.92 Å². The number of carbonyl (C=O) groups excluding carboxylic acids is 1. The van der Waals surface area contributed by atoms with Crippen molar-refractivity contribution in [1.29, 1.82) is 0 Å². The quantitative estimate of drug-likeness (QED) is 0.589. The van der Waals surface area contributed by atoms with Crippen molar-refractivity contribution in [2.45, 2.75) is 51.6 Å². The number of allylic oxidation sites excluding steroid dienone is 3. The van der Waals surface area contributed by atoms with Gasteiger partial charge in [-0.25, -0.2) is 4.39 Å². The van der Waals surface area contributed by atoms with Crippen LogP contribution in [-0.4, -0.2) is 41.1 Å². The number of carbonyl (C=O) groups is 1. The van der Waals surface area contributed by atoms with Gasteiger partial charge in [0.2, 0.25) is 5.91 Å². The van der Waals surface area contributed by atoms with Gasteiger partial charge in [0.15, 0.2) is 5.82 Å². The van der Waals surface area contributed by atoms with Crippen molar-refractivity contribution in [3.63, 3.8) is 0 Å². The molecule has 0 spiro atoms. The van der Waals surface area contributed by atoms with Gasteiger partial charge in [-0.05, 0) is 42.0 Å². The Kier molecular flexibility index (Phi) is 6.08. The molecule has 3 heterocycles. The molecule has 0 radical (unpaired) electrons. The number of tetrazole rings is 1. The molecule has 1 unspecified atom stereocenters. The molecule has 170 valence electrons. The summed E-state index contributed by atoms with van der Waals surface area (Å²) in [7, 11) is 0. The van der Waals surface area contributed by atoms with E-state index in [1.165, 1.54) is 6.20 Å². The second-order valence-corrected chi connectivity index (χ2v) is 8.55. The molecule has 0 saturated carbocycles. The molecule has 0 saturated heterocycles. The Hall–Kier alpha value is -3.82. The smallest absolute Gasteiger partial charge is 0.244 e. The minimum atomic E-state index is -0.798. The fourth-order valence-corrected chi connectivity index (χ4v) is 3.96. The third-order valence-electron chi connectivity index (χ3n) is 5.64. The van der Waals surface area contributed by atoms with Crippen LogP contribution in [0.3, 0.4) is 0 Å². The Bertz CT molecular complexity index is 1210. The Morgan fingerprint density at radius 3 is 2.64 bits per heavy atom. The predicted molar refractivity (Wildman–Crippen MR) is 119 cm³/mol. The molecule has 33 heavy (non-hydrogen) atoms. The van der Waals surface area contributed by atoms with E-state index >= 15 is 0 Å². The van der Waals surface area contributed by atoms with Gasteiger partial charge in [-0.15, -0.1) is 5.10 Å². The maximum atomic E-state index is 13.1. The zero-order chi connectivity index (χ0) is 23.6. The predicted octanol–water partition coefficient (Wildman–Crippen LogP) is 2.60. The molecular formula is C23H25FN8O. The lowest BCUT2D eigenvalue weighted by atomic mass is 9.71. The van der Waals surface area contributed by atoms with Crippen LogP contribution < -0.4 is 5.73 Å². The van der Waals surface area contributed by atoms with Crippen LogP contribution in [-0.2, 0) is 23.3 Å². The van der Waals surface area contributed by atoms with Crippen LogP contribution >= 0.6 is 0 Å². The van der Waals surface area contributed by atoms with Crippen LogP contribution in [0.25, 0.3) is 5.70 Å². The van der Waals surface area contributed by atoms with Gasteiger partial charge in [-0.3, -0.25) is 19.7 Å². The largest absolute Gasteiger partial charge is 0.366 e. The SMILES string of the molecule is Cc1cnc(CC2(c3ccc(CF)cn3)C=C(n3nnnc3C(C)C)C=C(C(N)=O)C2)cn1. The first-order chi connectivity index (χ1) is 15.8. The summed E-state index contributed by atoms with van der Waals surface area (Å²) >= 11 is 0. The lowest BCUT2D eigenvalue weighted by molar-refractivity contribution is -0.114. The summed E-state index contributed by atoms with van der Waals surface area (Å²) in [5.74, 6) is 0.153. The Morgan fingerprint density at radius 2 is 2.03 bits per heavy atom. The van der Waals surface area contributed by atoms with E-state index in [0.29, 0.717) is 41.2 Å². The number of amides is 1. The van der Waals surface area contributed by atoms with Crippen LogP contribution in [0.5, 0.6) is 0 Å². The molecular weight excluding hydrogens is 423 g/mol. The molecule has 0 bridgehead atoms. The molecule has 3 aromatic heterocycles. The number of hydrogen-bond acceptors (Lipinski definition) is 7. The molecule has 10 heteroatoms. The third-order valence-corrected chi connectivity index (χ3v) is 5.64. The number of halogens is 1. The normalized spacial score (nSPS) is 18.2. The average Bonchev–Trinajstić information content (AvgIpc) is 3.31. The first-order valence-electron chi connectivity index (χ1n) is 10.6. The summed E-state index contributed by atoms with van der Waals surface area (Å²) in [4.78, 5) is 25.8. The lowest BCUT2D eigenvalue weighted by Gasteiger charge is -2.34. The number of hydrogen-bond donors (Lipinski definition) is 1. The van der Waals surface area contributed by atoms with Gasteiger partial charge in [0.25, 0.3) is 0 Å². The van der Waals surface area contributed by atoms with Crippen LogP contribution in [0.4, 0.5) is 4.39 Å². The van der Waals surface area contributed by atoms with Gasteiger partial charge in [0.05, 0.1) is 22.8 Å². The van der Waals surface area contributed by atoms with E-state index in [0.717, 1.165) is 11.4 Å². The average molecular weight is 449 g/mol. The highest BCUT2D eigenvalue weighted by Gasteiger charge is 2.38. The Morgan fingerprint density at radius 1 is 1.21 bits per heavy atom. The fourth-order valence-electron chi connectivity index (χ4n) is 3.96. The van der Waals surface area contributed by atoms with E-state index in [1.54, 1.807) is 35.3 Å². The fraction of sp³-hybridized carbons (Fsp3) is 0.348. The van der Waals surface area contributed by atoms with Crippen LogP contribution in [0.2, 0.25) is 0 Å².